The lowest BCUT2D eigenvalue weighted by Gasteiger charge is -2.68. The smallest absolute Gasteiger partial charge is 0.232 e. The summed E-state index contributed by atoms with van der Waals surface area (Å²) in [5.41, 5.74) is -0.0506. The van der Waals surface area contributed by atoms with Crippen LogP contribution in [-0.2, 0) is 9.59 Å². The second-order valence-electron chi connectivity index (χ2n) is 7.85. The summed E-state index contributed by atoms with van der Waals surface area (Å²) >= 11 is 0. The molecule has 110 valence electrons. The molecule has 0 aromatic heterocycles. The van der Waals surface area contributed by atoms with Crippen LogP contribution in [0.3, 0.4) is 0 Å². The van der Waals surface area contributed by atoms with E-state index in [9.17, 15) is 9.59 Å². The van der Waals surface area contributed by atoms with Crippen molar-refractivity contribution in [2.75, 3.05) is 0 Å². The van der Waals surface area contributed by atoms with Gasteiger partial charge in [0, 0.05) is 5.92 Å². The maximum atomic E-state index is 12.7. The van der Waals surface area contributed by atoms with Crippen molar-refractivity contribution in [2.45, 2.75) is 64.3 Å². The van der Waals surface area contributed by atoms with Crippen molar-refractivity contribution in [1.29, 1.82) is 0 Å². The summed E-state index contributed by atoms with van der Waals surface area (Å²) in [7, 11) is 0. The molecule has 1 unspecified atom stereocenters. The second-order valence-corrected chi connectivity index (χ2v) is 7.85. The fraction of sp³-hybridized carbons (Fsp3) is 0.882. The van der Waals surface area contributed by atoms with Gasteiger partial charge in [-0.2, -0.15) is 0 Å². The average Bonchev–Trinajstić information content (AvgIpc) is 2.40. The Kier molecular flexibility index (Phi) is 2.62. The number of hydrogen-bond donors (Lipinski definition) is 0. The van der Waals surface area contributed by atoms with Gasteiger partial charge < -0.3 is 0 Å². The minimum absolute atomic E-state index is 0.00619. The summed E-state index contributed by atoms with van der Waals surface area (Å²) in [6.45, 7) is 4.01. The Balaban J connectivity index is 1.67. The molecule has 1 heterocycles. The van der Waals surface area contributed by atoms with Gasteiger partial charge in [-0.15, -0.1) is 0 Å². The molecule has 1 atom stereocenters. The van der Waals surface area contributed by atoms with Crippen LogP contribution in [0.25, 0.3) is 0 Å². The van der Waals surface area contributed by atoms with Crippen LogP contribution >= 0.6 is 0 Å². The molecule has 20 heavy (non-hydrogen) atoms. The van der Waals surface area contributed by atoms with Crippen LogP contribution in [0.4, 0.5) is 0 Å². The molecule has 1 spiro atoms. The molecule has 5 rings (SSSR count). The highest BCUT2D eigenvalue weighted by atomic mass is 16.2. The summed E-state index contributed by atoms with van der Waals surface area (Å²) in [5.74, 6) is 3.21. The molecule has 4 aliphatic carbocycles. The number of β-lactam (4-membered cyclic amide) rings is 1. The third-order valence-corrected chi connectivity index (χ3v) is 6.91. The van der Waals surface area contributed by atoms with Crippen LogP contribution in [0.2, 0.25) is 0 Å². The third kappa shape index (κ3) is 1.42. The lowest BCUT2D eigenvalue weighted by atomic mass is 9.45. The van der Waals surface area contributed by atoms with Gasteiger partial charge in [0.2, 0.25) is 11.8 Å². The molecular weight excluding hydrogens is 250 g/mol. The molecule has 0 N–H and O–H groups in total. The molecule has 0 aromatic rings. The second kappa shape index (κ2) is 4.08. The zero-order valence-electron chi connectivity index (χ0n) is 12.6. The maximum absolute atomic E-state index is 12.7. The first-order valence-electron chi connectivity index (χ1n) is 8.43. The fourth-order valence-electron chi connectivity index (χ4n) is 5.92. The van der Waals surface area contributed by atoms with Crippen molar-refractivity contribution in [3.8, 4) is 0 Å². The van der Waals surface area contributed by atoms with Crippen LogP contribution in [0.15, 0.2) is 0 Å². The molecule has 0 radical (unpaired) electrons. The monoisotopic (exact) mass is 275 g/mol. The van der Waals surface area contributed by atoms with E-state index in [1.807, 2.05) is 13.8 Å². The Morgan fingerprint density at radius 1 is 1.20 bits per heavy atom. The van der Waals surface area contributed by atoms with Crippen molar-refractivity contribution >= 4 is 11.8 Å². The molecule has 3 heteroatoms. The number of carbonyl (C=O) groups excluding carboxylic acids is 2. The topological polar surface area (TPSA) is 37.4 Å². The SMILES string of the molecule is CCC(C)C(=O)N1C(=O)CC12C1CC3CC(C1)CC2C3. The highest BCUT2D eigenvalue weighted by molar-refractivity contribution is 6.02. The Hall–Kier alpha value is -0.860. The summed E-state index contributed by atoms with van der Waals surface area (Å²) in [5, 5.41) is 0. The molecular formula is C17H25NO2. The lowest BCUT2D eigenvalue weighted by molar-refractivity contribution is -0.205. The van der Waals surface area contributed by atoms with Gasteiger partial charge in [0.15, 0.2) is 0 Å². The van der Waals surface area contributed by atoms with Gasteiger partial charge in [-0.1, -0.05) is 13.8 Å². The standard InChI is InChI=1S/C17H25NO2/c1-3-10(2)16(20)18-15(19)9-17(18)13-5-11-4-12(7-13)8-14(17)6-11/h10-14H,3-9H2,1-2H3. The number of hydrogen-bond acceptors (Lipinski definition) is 2. The Labute approximate surface area is 121 Å². The van der Waals surface area contributed by atoms with Crippen molar-refractivity contribution in [1.82, 2.24) is 4.90 Å². The Morgan fingerprint density at radius 3 is 2.20 bits per heavy atom. The summed E-state index contributed by atoms with van der Waals surface area (Å²) in [6.07, 6.45) is 7.98. The van der Waals surface area contributed by atoms with Crippen LogP contribution < -0.4 is 0 Å². The largest absolute Gasteiger partial charge is 0.275 e. The quantitative estimate of drug-likeness (QED) is 0.727. The van der Waals surface area contributed by atoms with E-state index in [-0.39, 0.29) is 23.3 Å². The van der Waals surface area contributed by atoms with Crippen molar-refractivity contribution in [3.63, 3.8) is 0 Å². The third-order valence-electron chi connectivity index (χ3n) is 6.91. The highest BCUT2D eigenvalue weighted by Gasteiger charge is 2.67. The van der Waals surface area contributed by atoms with Gasteiger partial charge in [-0.3, -0.25) is 14.5 Å². The molecule has 2 amide bonds. The summed E-state index contributed by atoms with van der Waals surface area (Å²) in [4.78, 5) is 26.6. The summed E-state index contributed by atoms with van der Waals surface area (Å²) in [6, 6.07) is 0. The molecule has 1 aliphatic heterocycles. The van der Waals surface area contributed by atoms with Crippen LogP contribution in [0.5, 0.6) is 0 Å². The molecule has 0 aromatic carbocycles. The normalized spacial score (nSPS) is 46.7. The fourth-order valence-corrected chi connectivity index (χ4v) is 5.92. The van der Waals surface area contributed by atoms with Gasteiger partial charge in [0.1, 0.15) is 0 Å². The number of carbonyl (C=O) groups is 2. The van der Waals surface area contributed by atoms with E-state index in [2.05, 4.69) is 0 Å². The van der Waals surface area contributed by atoms with E-state index in [4.69, 9.17) is 0 Å². The molecule has 3 nitrogen and oxygen atoms in total. The minimum Gasteiger partial charge on any atom is -0.275 e. The number of likely N-dealkylation sites (tertiary alicyclic amines) is 1. The van der Waals surface area contributed by atoms with Gasteiger partial charge in [0.25, 0.3) is 0 Å². The first-order chi connectivity index (χ1) is 9.56. The molecule has 4 saturated carbocycles. The summed E-state index contributed by atoms with van der Waals surface area (Å²) < 4.78 is 0. The predicted molar refractivity (Wildman–Crippen MR) is 75.7 cm³/mol. The number of rotatable bonds is 2. The van der Waals surface area contributed by atoms with E-state index < -0.39 is 0 Å². The predicted octanol–water partition coefficient (Wildman–Crippen LogP) is 2.99. The van der Waals surface area contributed by atoms with Gasteiger partial charge in [-0.05, 0) is 62.2 Å². The maximum Gasteiger partial charge on any atom is 0.232 e. The average molecular weight is 275 g/mol. The zero-order valence-corrected chi connectivity index (χ0v) is 12.6. The first-order valence-corrected chi connectivity index (χ1v) is 8.43. The van der Waals surface area contributed by atoms with E-state index >= 15 is 0 Å². The van der Waals surface area contributed by atoms with Crippen molar-refractivity contribution < 1.29 is 9.59 Å². The highest BCUT2D eigenvalue weighted by Crippen LogP contribution is 2.64. The number of imide groups is 1. The van der Waals surface area contributed by atoms with E-state index in [1.165, 1.54) is 32.1 Å². The van der Waals surface area contributed by atoms with Crippen molar-refractivity contribution in [2.24, 2.45) is 29.6 Å². The van der Waals surface area contributed by atoms with Crippen LogP contribution in [0, 0.1) is 29.6 Å². The van der Waals surface area contributed by atoms with E-state index in [1.54, 1.807) is 4.90 Å². The van der Waals surface area contributed by atoms with E-state index in [0.717, 1.165) is 18.3 Å². The molecule has 1 saturated heterocycles. The van der Waals surface area contributed by atoms with Gasteiger partial charge >= 0.3 is 0 Å². The van der Waals surface area contributed by atoms with Crippen molar-refractivity contribution in [3.05, 3.63) is 0 Å². The minimum atomic E-state index is -0.0506. The van der Waals surface area contributed by atoms with Gasteiger partial charge in [0.05, 0.1) is 12.0 Å². The number of nitrogens with zero attached hydrogens (tertiary/aromatic N) is 1. The molecule has 4 bridgehead atoms. The number of amides is 2. The Bertz CT molecular complexity index is 442. The molecule has 5 aliphatic rings. The van der Waals surface area contributed by atoms with E-state index in [0.29, 0.717) is 18.3 Å². The molecule has 5 fully saturated rings. The van der Waals surface area contributed by atoms with Crippen LogP contribution in [0.1, 0.15) is 58.8 Å². The van der Waals surface area contributed by atoms with Crippen LogP contribution in [-0.4, -0.2) is 22.3 Å². The lowest BCUT2D eigenvalue weighted by Crippen LogP contribution is -2.76. The zero-order chi connectivity index (χ0) is 14.1. The Morgan fingerprint density at radius 2 is 1.75 bits per heavy atom. The first kappa shape index (κ1) is 12.8. The van der Waals surface area contributed by atoms with Gasteiger partial charge in [-0.25, -0.2) is 0 Å².